The van der Waals surface area contributed by atoms with E-state index in [1.54, 1.807) is 35.1 Å². The maximum absolute atomic E-state index is 13.0. The molecular weight excluding hydrogens is 516 g/mol. The van der Waals surface area contributed by atoms with Gasteiger partial charge in [-0.25, -0.2) is 4.79 Å². The van der Waals surface area contributed by atoms with Crippen LogP contribution in [-0.2, 0) is 11.3 Å². The van der Waals surface area contributed by atoms with Crippen LogP contribution >= 0.6 is 0 Å². The molecule has 2 N–H and O–H groups in total. The molecule has 1 aromatic heterocycles. The van der Waals surface area contributed by atoms with E-state index in [4.69, 9.17) is 0 Å². The van der Waals surface area contributed by atoms with Gasteiger partial charge in [0, 0.05) is 56.9 Å². The molecule has 2 saturated heterocycles. The van der Waals surface area contributed by atoms with Gasteiger partial charge in [0.05, 0.1) is 35.2 Å². The van der Waals surface area contributed by atoms with Crippen LogP contribution in [0.2, 0.25) is 0 Å². The van der Waals surface area contributed by atoms with Crippen molar-refractivity contribution in [1.82, 2.24) is 30.2 Å². The Morgan fingerprint density at radius 1 is 0.902 bits per heavy atom. The third-order valence-corrected chi connectivity index (χ3v) is 7.77. The summed E-state index contributed by atoms with van der Waals surface area (Å²) in [4.78, 5) is 29.6. The van der Waals surface area contributed by atoms with E-state index >= 15 is 0 Å². The summed E-state index contributed by atoms with van der Waals surface area (Å²) in [5.74, 6) is 0.787. The first-order valence-corrected chi connectivity index (χ1v) is 14.1. The van der Waals surface area contributed by atoms with Crippen LogP contribution in [0.3, 0.4) is 0 Å². The van der Waals surface area contributed by atoms with Crippen LogP contribution in [0.15, 0.2) is 54.7 Å². The zero-order valence-electron chi connectivity index (χ0n) is 23.2. The van der Waals surface area contributed by atoms with Crippen molar-refractivity contribution in [3.63, 3.8) is 0 Å². The van der Waals surface area contributed by atoms with E-state index in [9.17, 15) is 20.1 Å². The Bertz CT molecular complexity index is 1450. The van der Waals surface area contributed by atoms with Crippen LogP contribution in [0.1, 0.15) is 24.5 Å². The highest BCUT2D eigenvalue weighted by Gasteiger charge is 2.35. The van der Waals surface area contributed by atoms with E-state index in [-0.39, 0.29) is 18.5 Å². The molecule has 10 heteroatoms. The lowest BCUT2D eigenvalue weighted by Crippen LogP contribution is -2.56. The minimum atomic E-state index is -0.131. The Morgan fingerprint density at radius 2 is 1.51 bits per heavy atom. The lowest BCUT2D eigenvalue weighted by atomic mass is 9.85. The summed E-state index contributed by atoms with van der Waals surface area (Å²) >= 11 is 0. The first-order chi connectivity index (χ1) is 20.0. The number of nitrogens with zero attached hydrogens (tertiary/aromatic N) is 6. The van der Waals surface area contributed by atoms with E-state index < -0.39 is 0 Å². The number of nitriles is 2. The molecular formula is C31H34N8O2. The SMILES string of the molecule is CCNC(=O)N1CC2CC(CN(CCNC(=O)Cn3ncc(-c4ccc(C#N)cc4)c3-c3ccc(C#N)cc3)C2)C1. The van der Waals surface area contributed by atoms with Gasteiger partial charge in [-0.2, -0.15) is 15.6 Å². The number of urea groups is 1. The van der Waals surface area contributed by atoms with Crippen LogP contribution in [0, 0.1) is 34.5 Å². The lowest BCUT2D eigenvalue weighted by molar-refractivity contribution is -0.121. The number of piperidine rings is 2. The predicted octanol–water partition coefficient (Wildman–Crippen LogP) is 3.06. The summed E-state index contributed by atoms with van der Waals surface area (Å²) in [6.45, 7) is 7.35. The van der Waals surface area contributed by atoms with Crippen molar-refractivity contribution in [1.29, 1.82) is 10.5 Å². The van der Waals surface area contributed by atoms with E-state index in [2.05, 4.69) is 32.8 Å². The molecule has 2 aromatic carbocycles. The maximum Gasteiger partial charge on any atom is 0.317 e. The second-order valence-corrected chi connectivity index (χ2v) is 10.8. The van der Waals surface area contributed by atoms with Gasteiger partial charge in [-0.3, -0.25) is 9.48 Å². The molecule has 0 aliphatic carbocycles. The number of aromatic nitrogens is 2. The van der Waals surface area contributed by atoms with Gasteiger partial charge in [-0.1, -0.05) is 24.3 Å². The molecule has 2 bridgehead atoms. The molecule has 41 heavy (non-hydrogen) atoms. The monoisotopic (exact) mass is 550 g/mol. The summed E-state index contributed by atoms with van der Waals surface area (Å²) in [7, 11) is 0. The van der Waals surface area contributed by atoms with Crippen molar-refractivity contribution < 1.29 is 9.59 Å². The fraction of sp³-hybridized carbons (Fsp3) is 0.387. The molecule has 5 rings (SSSR count). The van der Waals surface area contributed by atoms with E-state index in [1.807, 2.05) is 36.1 Å². The van der Waals surface area contributed by atoms with Crippen molar-refractivity contribution in [2.75, 3.05) is 45.8 Å². The van der Waals surface area contributed by atoms with Crippen molar-refractivity contribution in [2.24, 2.45) is 11.8 Å². The number of benzene rings is 2. The van der Waals surface area contributed by atoms with Crippen molar-refractivity contribution >= 4 is 11.9 Å². The van der Waals surface area contributed by atoms with Crippen molar-refractivity contribution in [3.8, 4) is 34.5 Å². The molecule has 3 aromatic rings. The number of hydrogen-bond donors (Lipinski definition) is 2. The largest absolute Gasteiger partial charge is 0.353 e. The van der Waals surface area contributed by atoms with E-state index in [0.29, 0.717) is 36.1 Å². The summed E-state index contributed by atoms with van der Waals surface area (Å²) in [5, 5.41) is 28.9. The van der Waals surface area contributed by atoms with Crippen LogP contribution in [0.4, 0.5) is 4.79 Å². The fourth-order valence-corrected chi connectivity index (χ4v) is 5.99. The average Bonchev–Trinajstić information content (AvgIpc) is 3.40. The average molecular weight is 551 g/mol. The number of amides is 3. The van der Waals surface area contributed by atoms with Gasteiger partial charge < -0.3 is 20.4 Å². The van der Waals surface area contributed by atoms with Crippen LogP contribution in [0.5, 0.6) is 0 Å². The predicted molar refractivity (Wildman–Crippen MR) is 154 cm³/mol. The summed E-state index contributed by atoms with van der Waals surface area (Å²) in [6, 6.07) is 18.8. The van der Waals surface area contributed by atoms with E-state index in [1.165, 1.54) is 0 Å². The smallest absolute Gasteiger partial charge is 0.317 e. The zero-order valence-corrected chi connectivity index (χ0v) is 23.2. The summed E-state index contributed by atoms with van der Waals surface area (Å²) in [5.41, 5.74) is 4.46. The summed E-state index contributed by atoms with van der Waals surface area (Å²) < 4.78 is 1.69. The third-order valence-electron chi connectivity index (χ3n) is 7.77. The first kappa shape index (κ1) is 27.9. The van der Waals surface area contributed by atoms with Gasteiger partial charge in [-0.05, 0) is 55.0 Å². The maximum atomic E-state index is 13.0. The molecule has 2 atom stereocenters. The van der Waals surface area contributed by atoms with Gasteiger partial charge in [-0.15, -0.1) is 0 Å². The molecule has 2 fully saturated rings. The Morgan fingerprint density at radius 3 is 2.10 bits per heavy atom. The lowest BCUT2D eigenvalue weighted by Gasteiger charge is -2.45. The minimum absolute atomic E-state index is 0.0317. The molecule has 210 valence electrons. The first-order valence-electron chi connectivity index (χ1n) is 14.1. The Hall–Kier alpha value is -4.67. The second-order valence-electron chi connectivity index (χ2n) is 10.8. The van der Waals surface area contributed by atoms with Gasteiger partial charge in [0.15, 0.2) is 0 Å². The third kappa shape index (κ3) is 6.56. The summed E-state index contributed by atoms with van der Waals surface area (Å²) in [6.07, 6.45) is 2.89. The van der Waals surface area contributed by atoms with Crippen LogP contribution in [0.25, 0.3) is 22.4 Å². The normalized spacial score (nSPS) is 18.3. The number of nitrogens with one attached hydrogen (secondary N) is 2. The number of hydrogen-bond acceptors (Lipinski definition) is 6. The van der Waals surface area contributed by atoms with Crippen LogP contribution < -0.4 is 10.6 Å². The number of likely N-dealkylation sites (tertiary alicyclic amines) is 2. The molecule has 10 nitrogen and oxygen atoms in total. The van der Waals surface area contributed by atoms with Gasteiger partial charge >= 0.3 is 6.03 Å². The van der Waals surface area contributed by atoms with Crippen molar-refractivity contribution in [3.05, 3.63) is 65.9 Å². The van der Waals surface area contributed by atoms with Gasteiger partial charge in [0.25, 0.3) is 0 Å². The van der Waals surface area contributed by atoms with Gasteiger partial charge in [0.2, 0.25) is 5.91 Å². The van der Waals surface area contributed by atoms with Crippen molar-refractivity contribution in [2.45, 2.75) is 19.9 Å². The molecule has 2 unspecified atom stereocenters. The van der Waals surface area contributed by atoms with Gasteiger partial charge in [0.1, 0.15) is 6.54 Å². The Labute approximate surface area is 240 Å². The molecule has 0 spiro atoms. The quantitative estimate of drug-likeness (QED) is 0.443. The molecule has 2 aliphatic heterocycles. The Kier molecular flexibility index (Phi) is 8.61. The topological polar surface area (TPSA) is 130 Å². The van der Waals surface area contributed by atoms with Crippen LogP contribution in [-0.4, -0.2) is 77.3 Å². The molecule has 3 amide bonds. The molecule has 3 heterocycles. The Balaban J connectivity index is 1.22. The molecule has 2 aliphatic rings. The second kappa shape index (κ2) is 12.7. The highest BCUT2D eigenvalue weighted by Crippen LogP contribution is 2.33. The number of carbonyl (C=O) groups excluding carboxylic acids is 2. The van der Waals surface area contributed by atoms with E-state index in [0.717, 1.165) is 61.5 Å². The zero-order chi connectivity index (χ0) is 28.8. The fourth-order valence-electron chi connectivity index (χ4n) is 5.99. The minimum Gasteiger partial charge on any atom is -0.353 e. The highest BCUT2D eigenvalue weighted by molar-refractivity contribution is 5.83. The molecule has 0 saturated carbocycles. The highest BCUT2D eigenvalue weighted by atomic mass is 16.2. The number of rotatable bonds is 8. The number of fused-ring (bicyclic) bond motifs is 2. The molecule has 0 radical (unpaired) electrons. The standard InChI is InChI=1S/C31H34N8O2/c1-2-34-31(41)38-19-24-13-25(20-38)18-37(17-24)12-11-35-29(40)21-39-30(27-9-5-23(15-33)6-10-27)28(16-36-39)26-7-3-22(14-32)4-8-26/h3-10,16,24-25H,2,11-13,17-21H2,1H3,(H,34,41)(H,35,40). The number of carbonyl (C=O) groups is 2.